The predicted molar refractivity (Wildman–Crippen MR) is 51.3 cm³/mol. The summed E-state index contributed by atoms with van der Waals surface area (Å²) in [6.45, 7) is 2.13. The van der Waals surface area contributed by atoms with E-state index in [9.17, 15) is 0 Å². The standard InChI is InChI=1S/C9H10N2S/c1-2-8-9(11-6-10-8)7-3-4-12-5-7/h3-6H,2H2,1H3,(H,10,11). The number of imidazole rings is 1. The summed E-state index contributed by atoms with van der Waals surface area (Å²) < 4.78 is 0. The van der Waals surface area contributed by atoms with Crippen LogP contribution in [-0.2, 0) is 6.42 Å². The van der Waals surface area contributed by atoms with Gasteiger partial charge in [0.05, 0.1) is 12.0 Å². The van der Waals surface area contributed by atoms with Crippen LogP contribution in [0.2, 0.25) is 0 Å². The Hall–Kier alpha value is -1.09. The lowest BCUT2D eigenvalue weighted by Gasteiger charge is -1.94. The molecule has 0 unspecified atom stereocenters. The zero-order chi connectivity index (χ0) is 8.39. The fraction of sp³-hybridized carbons (Fsp3) is 0.222. The van der Waals surface area contributed by atoms with E-state index in [1.807, 2.05) is 0 Å². The summed E-state index contributed by atoms with van der Waals surface area (Å²) in [4.78, 5) is 7.42. The van der Waals surface area contributed by atoms with Crippen LogP contribution in [0.4, 0.5) is 0 Å². The summed E-state index contributed by atoms with van der Waals surface area (Å²) in [5, 5.41) is 4.19. The number of aromatic amines is 1. The molecule has 0 fully saturated rings. The highest BCUT2D eigenvalue weighted by Crippen LogP contribution is 2.22. The van der Waals surface area contributed by atoms with E-state index in [-0.39, 0.29) is 0 Å². The van der Waals surface area contributed by atoms with E-state index in [0.29, 0.717) is 0 Å². The number of hydrogen-bond donors (Lipinski definition) is 1. The molecule has 2 aromatic heterocycles. The van der Waals surface area contributed by atoms with Crippen LogP contribution >= 0.6 is 11.3 Å². The summed E-state index contributed by atoms with van der Waals surface area (Å²) in [5.41, 5.74) is 3.53. The van der Waals surface area contributed by atoms with Crippen LogP contribution in [0.15, 0.2) is 23.2 Å². The van der Waals surface area contributed by atoms with Crippen molar-refractivity contribution in [2.24, 2.45) is 0 Å². The van der Waals surface area contributed by atoms with Crippen molar-refractivity contribution in [3.05, 3.63) is 28.8 Å². The Morgan fingerprint density at radius 1 is 1.58 bits per heavy atom. The third-order valence-electron chi connectivity index (χ3n) is 1.87. The van der Waals surface area contributed by atoms with Crippen LogP contribution in [0.3, 0.4) is 0 Å². The van der Waals surface area contributed by atoms with Crippen molar-refractivity contribution < 1.29 is 0 Å². The number of nitrogens with one attached hydrogen (secondary N) is 1. The first-order chi connectivity index (χ1) is 5.92. The second-order valence-electron chi connectivity index (χ2n) is 2.60. The summed E-state index contributed by atoms with van der Waals surface area (Å²) in [6.07, 6.45) is 2.76. The zero-order valence-electron chi connectivity index (χ0n) is 6.87. The maximum absolute atomic E-state index is 4.28. The molecule has 0 atom stereocenters. The molecular weight excluding hydrogens is 168 g/mol. The smallest absolute Gasteiger partial charge is 0.0929 e. The van der Waals surface area contributed by atoms with E-state index >= 15 is 0 Å². The fourth-order valence-electron chi connectivity index (χ4n) is 1.24. The second-order valence-corrected chi connectivity index (χ2v) is 3.38. The molecule has 0 aliphatic heterocycles. The van der Waals surface area contributed by atoms with E-state index in [1.54, 1.807) is 17.7 Å². The molecule has 0 aliphatic rings. The molecule has 0 spiro atoms. The summed E-state index contributed by atoms with van der Waals surface area (Å²) in [5.74, 6) is 0. The minimum absolute atomic E-state index is 1.01. The number of aryl methyl sites for hydroxylation is 1. The molecule has 12 heavy (non-hydrogen) atoms. The van der Waals surface area contributed by atoms with Crippen molar-refractivity contribution in [3.8, 4) is 11.3 Å². The summed E-state index contributed by atoms with van der Waals surface area (Å²) in [6, 6.07) is 2.10. The largest absolute Gasteiger partial charge is 0.348 e. The molecule has 0 saturated carbocycles. The third-order valence-corrected chi connectivity index (χ3v) is 2.55. The lowest BCUT2D eigenvalue weighted by atomic mass is 10.2. The monoisotopic (exact) mass is 178 g/mol. The van der Waals surface area contributed by atoms with Crippen molar-refractivity contribution in [1.82, 2.24) is 9.97 Å². The first-order valence-electron chi connectivity index (χ1n) is 3.96. The van der Waals surface area contributed by atoms with Crippen molar-refractivity contribution in [2.45, 2.75) is 13.3 Å². The average Bonchev–Trinajstić information content (AvgIpc) is 2.74. The molecule has 3 heteroatoms. The van der Waals surface area contributed by atoms with Gasteiger partial charge in [0.1, 0.15) is 0 Å². The summed E-state index contributed by atoms with van der Waals surface area (Å²) in [7, 11) is 0. The van der Waals surface area contributed by atoms with Crippen molar-refractivity contribution in [3.63, 3.8) is 0 Å². The number of thiophene rings is 1. The van der Waals surface area contributed by atoms with Gasteiger partial charge in [0, 0.05) is 16.6 Å². The van der Waals surface area contributed by atoms with Crippen LogP contribution in [-0.4, -0.2) is 9.97 Å². The van der Waals surface area contributed by atoms with Crippen molar-refractivity contribution >= 4 is 11.3 Å². The Labute approximate surface area is 75.3 Å². The summed E-state index contributed by atoms with van der Waals surface area (Å²) >= 11 is 1.70. The molecule has 0 saturated heterocycles. The maximum Gasteiger partial charge on any atom is 0.0929 e. The van der Waals surface area contributed by atoms with Gasteiger partial charge < -0.3 is 4.98 Å². The molecule has 2 aromatic rings. The van der Waals surface area contributed by atoms with E-state index in [4.69, 9.17) is 0 Å². The van der Waals surface area contributed by atoms with Crippen LogP contribution in [0.1, 0.15) is 12.6 Å². The highest BCUT2D eigenvalue weighted by molar-refractivity contribution is 7.08. The average molecular weight is 178 g/mol. The van der Waals surface area contributed by atoms with Gasteiger partial charge in [-0.1, -0.05) is 6.92 Å². The number of aromatic nitrogens is 2. The van der Waals surface area contributed by atoms with Gasteiger partial charge >= 0.3 is 0 Å². The van der Waals surface area contributed by atoms with Gasteiger partial charge in [-0.15, -0.1) is 0 Å². The molecule has 2 rings (SSSR count). The molecule has 0 aromatic carbocycles. The lowest BCUT2D eigenvalue weighted by molar-refractivity contribution is 1.07. The number of H-pyrrole nitrogens is 1. The van der Waals surface area contributed by atoms with E-state index < -0.39 is 0 Å². The first-order valence-corrected chi connectivity index (χ1v) is 4.91. The van der Waals surface area contributed by atoms with E-state index in [1.165, 1.54) is 11.3 Å². The number of rotatable bonds is 2. The molecule has 0 bridgehead atoms. The second kappa shape index (κ2) is 3.11. The fourth-order valence-corrected chi connectivity index (χ4v) is 1.88. The molecular formula is C9H10N2S. The zero-order valence-corrected chi connectivity index (χ0v) is 7.69. The Kier molecular flexibility index (Phi) is 1.96. The lowest BCUT2D eigenvalue weighted by Crippen LogP contribution is -1.83. The Balaban J connectivity index is 2.46. The van der Waals surface area contributed by atoms with Crippen LogP contribution in [0.25, 0.3) is 11.3 Å². The molecule has 2 nitrogen and oxygen atoms in total. The normalized spacial score (nSPS) is 10.4. The van der Waals surface area contributed by atoms with Gasteiger partial charge in [0.15, 0.2) is 0 Å². The third kappa shape index (κ3) is 1.16. The molecule has 0 radical (unpaired) electrons. The topological polar surface area (TPSA) is 28.7 Å². The highest BCUT2D eigenvalue weighted by Gasteiger charge is 2.05. The highest BCUT2D eigenvalue weighted by atomic mass is 32.1. The minimum Gasteiger partial charge on any atom is -0.348 e. The molecule has 2 heterocycles. The van der Waals surface area contributed by atoms with E-state index in [0.717, 1.165) is 12.1 Å². The van der Waals surface area contributed by atoms with Crippen LogP contribution in [0.5, 0.6) is 0 Å². The van der Waals surface area contributed by atoms with Crippen molar-refractivity contribution in [2.75, 3.05) is 0 Å². The van der Waals surface area contributed by atoms with Crippen LogP contribution < -0.4 is 0 Å². The molecule has 0 amide bonds. The van der Waals surface area contributed by atoms with Gasteiger partial charge in [-0.25, -0.2) is 4.98 Å². The minimum atomic E-state index is 1.01. The van der Waals surface area contributed by atoms with Gasteiger partial charge in [-0.2, -0.15) is 11.3 Å². The Bertz CT molecular complexity index is 348. The Morgan fingerprint density at radius 2 is 2.50 bits per heavy atom. The van der Waals surface area contributed by atoms with Crippen LogP contribution in [0, 0.1) is 0 Å². The quantitative estimate of drug-likeness (QED) is 0.752. The van der Waals surface area contributed by atoms with Gasteiger partial charge in [-0.3, -0.25) is 0 Å². The number of hydrogen-bond acceptors (Lipinski definition) is 2. The molecule has 1 N–H and O–H groups in total. The van der Waals surface area contributed by atoms with Gasteiger partial charge in [-0.05, 0) is 17.9 Å². The first kappa shape index (κ1) is 7.55. The predicted octanol–water partition coefficient (Wildman–Crippen LogP) is 2.70. The van der Waals surface area contributed by atoms with E-state index in [2.05, 4.69) is 33.7 Å². The number of nitrogens with zero attached hydrogens (tertiary/aromatic N) is 1. The molecule has 62 valence electrons. The van der Waals surface area contributed by atoms with Crippen molar-refractivity contribution in [1.29, 1.82) is 0 Å². The Morgan fingerprint density at radius 3 is 3.17 bits per heavy atom. The maximum atomic E-state index is 4.28. The molecule has 0 aliphatic carbocycles. The van der Waals surface area contributed by atoms with Gasteiger partial charge in [0.25, 0.3) is 0 Å². The van der Waals surface area contributed by atoms with Gasteiger partial charge in [0.2, 0.25) is 0 Å². The SMILES string of the molecule is CCc1[nH]cnc1-c1ccsc1.